The molecule has 1 saturated carbocycles. The summed E-state index contributed by atoms with van der Waals surface area (Å²) in [7, 11) is 0. The summed E-state index contributed by atoms with van der Waals surface area (Å²) in [6, 6.07) is 8.84. The first-order chi connectivity index (χ1) is 13.2. The van der Waals surface area contributed by atoms with Crippen LogP contribution in [0.2, 0.25) is 10.0 Å². The lowest BCUT2D eigenvalue weighted by Crippen LogP contribution is -2.05. The highest BCUT2D eigenvalue weighted by Gasteiger charge is 2.29. The van der Waals surface area contributed by atoms with Crippen LogP contribution < -0.4 is 5.32 Å². The smallest absolute Gasteiger partial charge is 0.235 e. The Kier molecular flexibility index (Phi) is 3.95. The van der Waals surface area contributed by atoms with Crippen LogP contribution in [0.15, 0.2) is 34.7 Å². The van der Waals surface area contributed by atoms with Gasteiger partial charge in [0.1, 0.15) is 5.82 Å². The van der Waals surface area contributed by atoms with Gasteiger partial charge in [0.05, 0.1) is 6.54 Å². The van der Waals surface area contributed by atoms with E-state index in [1.165, 1.54) is 0 Å². The van der Waals surface area contributed by atoms with Gasteiger partial charge in [-0.05, 0) is 43.2 Å². The van der Waals surface area contributed by atoms with Gasteiger partial charge in [-0.25, -0.2) is 0 Å². The molecule has 27 heavy (non-hydrogen) atoms. The number of hydrogen-bond donors (Lipinski definition) is 1. The number of hydrogen-bond acceptors (Lipinski definition) is 7. The normalized spacial score (nSPS) is 14.0. The Bertz CT molecular complexity index is 1120. The number of nitrogens with zero attached hydrogens (tertiary/aromatic N) is 6. The van der Waals surface area contributed by atoms with Crippen molar-refractivity contribution in [2.75, 3.05) is 5.32 Å². The fraction of sp³-hybridized carbons (Fsp3) is 0.235. The highest BCUT2D eigenvalue weighted by atomic mass is 35.5. The third-order valence-corrected chi connectivity index (χ3v) is 4.65. The molecule has 3 heterocycles. The molecule has 0 unspecified atom stereocenters. The average Bonchev–Trinajstić information content (AvgIpc) is 3.24. The molecule has 0 aliphatic heterocycles. The minimum Gasteiger partial charge on any atom is -0.423 e. The van der Waals surface area contributed by atoms with Gasteiger partial charge < -0.3 is 9.73 Å². The Morgan fingerprint density at radius 1 is 1.04 bits per heavy atom. The van der Waals surface area contributed by atoms with Crippen LogP contribution in [-0.2, 0) is 6.54 Å². The highest BCUT2D eigenvalue weighted by molar-refractivity contribution is 6.35. The number of rotatable bonds is 5. The predicted molar refractivity (Wildman–Crippen MR) is 99.8 cm³/mol. The maximum Gasteiger partial charge on any atom is 0.235 e. The Balaban J connectivity index is 1.42. The molecule has 0 spiro atoms. The molecule has 136 valence electrons. The zero-order valence-corrected chi connectivity index (χ0v) is 15.4. The van der Waals surface area contributed by atoms with Crippen molar-refractivity contribution in [1.82, 2.24) is 30.0 Å². The van der Waals surface area contributed by atoms with Gasteiger partial charge >= 0.3 is 0 Å². The molecule has 0 saturated heterocycles. The lowest BCUT2D eigenvalue weighted by molar-refractivity contribution is 0.456. The summed E-state index contributed by atoms with van der Waals surface area (Å²) >= 11 is 12.2. The van der Waals surface area contributed by atoms with E-state index in [2.05, 4.69) is 30.8 Å². The van der Waals surface area contributed by atoms with Crippen LogP contribution in [0.5, 0.6) is 0 Å². The summed E-state index contributed by atoms with van der Waals surface area (Å²) in [6.45, 7) is 0.388. The molecule has 0 bridgehead atoms. The number of halogens is 2. The molecule has 0 amide bonds. The minimum absolute atomic E-state index is 0.388. The van der Waals surface area contributed by atoms with Gasteiger partial charge in [-0.15, -0.1) is 25.5 Å². The van der Waals surface area contributed by atoms with Crippen molar-refractivity contribution in [1.29, 1.82) is 0 Å². The van der Waals surface area contributed by atoms with Crippen LogP contribution in [0, 0.1) is 0 Å². The van der Waals surface area contributed by atoms with E-state index >= 15 is 0 Å². The van der Waals surface area contributed by atoms with Crippen LogP contribution in [-0.4, -0.2) is 30.0 Å². The fourth-order valence-electron chi connectivity index (χ4n) is 2.75. The van der Waals surface area contributed by atoms with Crippen LogP contribution in [0.1, 0.15) is 30.5 Å². The summed E-state index contributed by atoms with van der Waals surface area (Å²) in [5, 5.41) is 25.2. The lowest BCUT2D eigenvalue weighted by atomic mass is 10.2. The maximum absolute atomic E-state index is 6.10. The van der Waals surface area contributed by atoms with Gasteiger partial charge in [0, 0.05) is 21.5 Å². The van der Waals surface area contributed by atoms with E-state index in [0.29, 0.717) is 51.6 Å². The number of fused-ring (bicyclic) bond motifs is 1. The second kappa shape index (κ2) is 6.47. The third-order valence-electron chi connectivity index (χ3n) is 4.21. The first-order valence-corrected chi connectivity index (χ1v) is 9.16. The first-order valence-electron chi connectivity index (χ1n) is 8.41. The quantitative estimate of drug-likeness (QED) is 0.540. The zero-order chi connectivity index (χ0) is 18.4. The Labute approximate surface area is 163 Å². The molecule has 4 aromatic rings. The number of aromatic nitrogens is 6. The Morgan fingerprint density at radius 3 is 2.63 bits per heavy atom. The standard InChI is InChI=1S/C17H13Cl2N7O/c18-11-5-10(6-12(19)7-11)16-23-21-14-4-3-13(25-26(14)16)20-8-15-22-24-17(27-15)9-1-2-9/h3-7,9H,1-2,8H2,(H,20,25). The van der Waals surface area contributed by atoms with Crippen molar-refractivity contribution in [3.8, 4) is 11.4 Å². The van der Waals surface area contributed by atoms with Crippen molar-refractivity contribution in [3.05, 3.63) is 52.2 Å². The molecule has 10 heteroatoms. The summed E-state index contributed by atoms with van der Waals surface area (Å²) in [4.78, 5) is 0. The molecule has 1 aliphatic rings. The van der Waals surface area contributed by atoms with E-state index in [0.717, 1.165) is 18.4 Å². The van der Waals surface area contributed by atoms with Crippen LogP contribution in [0.4, 0.5) is 5.82 Å². The van der Waals surface area contributed by atoms with Gasteiger partial charge in [-0.3, -0.25) is 0 Å². The molecule has 1 fully saturated rings. The summed E-state index contributed by atoms with van der Waals surface area (Å²) < 4.78 is 7.28. The van der Waals surface area contributed by atoms with E-state index in [1.807, 2.05) is 12.1 Å². The summed E-state index contributed by atoms with van der Waals surface area (Å²) in [5.74, 6) is 2.86. The predicted octanol–water partition coefficient (Wildman–Crippen LogP) is 3.97. The van der Waals surface area contributed by atoms with E-state index in [1.54, 1.807) is 22.7 Å². The molecule has 0 radical (unpaired) electrons. The average molecular weight is 402 g/mol. The lowest BCUT2D eigenvalue weighted by Gasteiger charge is -2.05. The molecule has 1 N–H and O–H groups in total. The number of benzene rings is 1. The van der Waals surface area contributed by atoms with E-state index in [4.69, 9.17) is 27.6 Å². The van der Waals surface area contributed by atoms with E-state index < -0.39 is 0 Å². The van der Waals surface area contributed by atoms with Gasteiger partial charge in [0.2, 0.25) is 11.8 Å². The first kappa shape index (κ1) is 16.5. The summed E-state index contributed by atoms with van der Waals surface area (Å²) in [5.41, 5.74) is 1.34. The monoisotopic (exact) mass is 401 g/mol. The van der Waals surface area contributed by atoms with Gasteiger partial charge in [0.15, 0.2) is 11.5 Å². The second-order valence-electron chi connectivity index (χ2n) is 6.33. The van der Waals surface area contributed by atoms with E-state index in [-0.39, 0.29) is 0 Å². The minimum atomic E-state index is 0.388. The van der Waals surface area contributed by atoms with Crippen LogP contribution >= 0.6 is 23.2 Å². The SMILES string of the molecule is Clc1cc(Cl)cc(-c2nnc3ccc(NCc4nnc(C5CC5)o4)nn23)c1. The molecule has 5 rings (SSSR count). The van der Waals surface area contributed by atoms with Crippen molar-refractivity contribution < 1.29 is 4.42 Å². The van der Waals surface area contributed by atoms with Crippen molar-refractivity contribution in [2.24, 2.45) is 0 Å². The van der Waals surface area contributed by atoms with Gasteiger partial charge in [0.25, 0.3) is 0 Å². The molecule has 0 atom stereocenters. The van der Waals surface area contributed by atoms with Crippen molar-refractivity contribution >= 4 is 34.7 Å². The Hall–Kier alpha value is -2.71. The molecule has 8 nitrogen and oxygen atoms in total. The Morgan fingerprint density at radius 2 is 1.85 bits per heavy atom. The van der Waals surface area contributed by atoms with Gasteiger partial charge in [-0.2, -0.15) is 4.52 Å². The molecule has 3 aromatic heterocycles. The van der Waals surface area contributed by atoms with Crippen molar-refractivity contribution in [2.45, 2.75) is 25.3 Å². The third kappa shape index (κ3) is 3.33. The molecule has 1 aliphatic carbocycles. The van der Waals surface area contributed by atoms with Crippen LogP contribution in [0.25, 0.3) is 17.0 Å². The molecular weight excluding hydrogens is 389 g/mol. The molecule has 1 aromatic carbocycles. The molecular formula is C17H13Cl2N7O. The largest absolute Gasteiger partial charge is 0.423 e. The van der Waals surface area contributed by atoms with Crippen LogP contribution in [0.3, 0.4) is 0 Å². The highest BCUT2D eigenvalue weighted by Crippen LogP contribution is 2.39. The number of anilines is 1. The maximum atomic E-state index is 6.10. The second-order valence-corrected chi connectivity index (χ2v) is 7.21. The van der Waals surface area contributed by atoms with E-state index in [9.17, 15) is 0 Å². The summed E-state index contributed by atoms with van der Waals surface area (Å²) in [6.07, 6.45) is 2.24. The number of nitrogens with one attached hydrogen (secondary N) is 1. The van der Waals surface area contributed by atoms with Crippen molar-refractivity contribution in [3.63, 3.8) is 0 Å². The fourth-order valence-corrected chi connectivity index (χ4v) is 3.27. The topological polar surface area (TPSA) is 94.0 Å². The van der Waals surface area contributed by atoms with Gasteiger partial charge in [-0.1, -0.05) is 23.2 Å². The zero-order valence-electron chi connectivity index (χ0n) is 13.9.